The van der Waals surface area contributed by atoms with Crippen LogP contribution >= 0.6 is 0 Å². The van der Waals surface area contributed by atoms with E-state index in [4.69, 9.17) is 0 Å². The molecule has 0 radical (unpaired) electrons. The zero-order chi connectivity index (χ0) is 18.7. The van der Waals surface area contributed by atoms with Crippen LogP contribution in [0.25, 0.3) is 0 Å². The predicted molar refractivity (Wildman–Crippen MR) is 102 cm³/mol. The van der Waals surface area contributed by atoms with E-state index in [0.29, 0.717) is 43.9 Å². The molecule has 1 amide bonds. The first-order valence-corrected chi connectivity index (χ1v) is 11.7. The van der Waals surface area contributed by atoms with E-state index in [9.17, 15) is 13.2 Å². The minimum atomic E-state index is -3.15. The number of amides is 1. The van der Waals surface area contributed by atoms with Crippen molar-refractivity contribution in [2.24, 2.45) is 17.3 Å². The topological polar surface area (TPSA) is 57.7 Å². The monoisotopic (exact) mass is 372 g/mol. The van der Waals surface area contributed by atoms with Gasteiger partial charge in [0.2, 0.25) is 15.9 Å². The number of carbonyl (C=O) groups is 1. The average Bonchev–Trinajstić information content (AvgIpc) is 2.81. The Morgan fingerprint density at radius 3 is 2.24 bits per heavy atom. The standard InChI is InChI=1S/C19H36N2O3S/c1-5-19(2,3)17-9-7-16(8-10-17)15-18(22)20-11-6-12-21(14-13-20)25(4,23)24/h16-17H,5-15H2,1-4H3. The van der Waals surface area contributed by atoms with Crippen LogP contribution in [0, 0.1) is 17.3 Å². The Bertz CT molecular complexity index is 551. The zero-order valence-electron chi connectivity index (χ0n) is 16.5. The van der Waals surface area contributed by atoms with Crippen LogP contribution in [0.2, 0.25) is 0 Å². The van der Waals surface area contributed by atoms with Gasteiger partial charge in [0.25, 0.3) is 0 Å². The molecule has 0 bridgehead atoms. The van der Waals surface area contributed by atoms with Gasteiger partial charge >= 0.3 is 0 Å². The first kappa shape index (κ1) is 20.7. The first-order valence-electron chi connectivity index (χ1n) is 9.86. The van der Waals surface area contributed by atoms with Gasteiger partial charge in [-0.15, -0.1) is 0 Å². The van der Waals surface area contributed by atoms with Gasteiger partial charge in [-0.2, -0.15) is 0 Å². The molecule has 0 aromatic rings. The third kappa shape index (κ3) is 5.68. The fourth-order valence-electron chi connectivity index (χ4n) is 4.29. The number of carbonyl (C=O) groups excluding carboxylic acids is 1. The fraction of sp³-hybridized carbons (Fsp3) is 0.947. The van der Waals surface area contributed by atoms with Crippen LogP contribution in [0.5, 0.6) is 0 Å². The Hall–Kier alpha value is -0.620. The summed E-state index contributed by atoms with van der Waals surface area (Å²) in [5.41, 5.74) is 0.412. The Morgan fingerprint density at radius 2 is 1.68 bits per heavy atom. The molecule has 5 nitrogen and oxygen atoms in total. The van der Waals surface area contributed by atoms with Crippen molar-refractivity contribution in [3.05, 3.63) is 0 Å². The zero-order valence-corrected chi connectivity index (χ0v) is 17.3. The Balaban J connectivity index is 1.81. The summed E-state index contributed by atoms with van der Waals surface area (Å²) in [6.45, 7) is 9.19. The maximum absolute atomic E-state index is 12.7. The van der Waals surface area contributed by atoms with Crippen molar-refractivity contribution in [1.29, 1.82) is 0 Å². The largest absolute Gasteiger partial charge is 0.341 e. The number of sulfonamides is 1. The Kier molecular flexibility index (Phi) is 6.94. The van der Waals surface area contributed by atoms with E-state index >= 15 is 0 Å². The molecular weight excluding hydrogens is 336 g/mol. The Morgan fingerprint density at radius 1 is 1.04 bits per heavy atom. The van der Waals surface area contributed by atoms with Crippen molar-refractivity contribution in [2.75, 3.05) is 32.4 Å². The summed E-state index contributed by atoms with van der Waals surface area (Å²) in [7, 11) is -3.15. The molecule has 0 spiro atoms. The van der Waals surface area contributed by atoms with Gasteiger partial charge in [-0.3, -0.25) is 4.79 Å². The highest BCUT2D eigenvalue weighted by atomic mass is 32.2. The van der Waals surface area contributed by atoms with Crippen LogP contribution in [0.1, 0.15) is 65.7 Å². The molecule has 1 aliphatic carbocycles. The molecule has 0 unspecified atom stereocenters. The second kappa shape index (κ2) is 8.38. The maximum Gasteiger partial charge on any atom is 0.222 e. The second-order valence-electron chi connectivity index (χ2n) is 8.66. The summed E-state index contributed by atoms with van der Waals surface area (Å²) in [4.78, 5) is 14.6. The van der Waals surface area contributed by atoms with Crippen molar-refractivity contribution >= 4 is 15.9 Å². The SMILES string of the molecule is CCC(C)(C)C1CCC(CC(=O)N2CCCN(S(C)(=O)=O)CC2)CC1. The molecule has 6 heteroatoms. The number of hydrogen-bond donors (Lipinski definition) is 0. The maximum atomic E-state index is 12.7. The van der Waals surface area contributed by atoms with Crippen molar-refractivity contribution in [2.45, 2.75) is 65.7 Å². The quantitative estimate of drug-likeness (QED) is 0.745. The lowest BCUT2D eigenvalue weighted by Gasteiger charge is -2.39. The molecule has 146 valence electrons. The lowest BCUT2D eigenvalue weighted by atomic mass is 9.67. The van der Waals surface area contributed by atoms with Gasteiger partial charge in [-0.1, -0.05) is 27.2 Å². The summed E-state index contributed by atoms with van der Waals surface area (Å²) in [6, 6.07) is 0. The van der Waals surface area contributed by atoms with E-state index in [2.05, 4.69) is 20.8 Å². The molecule has 2 rings (SSSR count). The molecule has 2 aliphatic rings. The van der Waals surface area contributed by atoms with E-state index < -0.39 is 10.0 Å². The van der Waals surface area contributed by atoms with Crippen LogP contribution in [0.3, 0.4) is 0 Å². The normalized spacial score (nSPS) is 27.1. The van der Waals surface area contributed by atoms with Crippen molar-refractivity contribution in [3.8, 4) is 0 Å². The van der Waals surface area contributed by atoms with Gasteiger partial charge in [0.05, 0.1) is 6.26 Å². The van der Waals surface area contributed by atoms with E-state index in [1.54, 1.807) is 0 Å². The molecule has 1 aliphatic heterocycles. The van der Waals surface area contributed by atoms with Crippen LogP contribution < -0.4 is 0 Å². The molecule has 0 aromatic heterocycles. The molecule has 0 aromatic carbocycles. The van der Waals surface area contributed by atoms with Gasteiger partial charge in [0.1, 0.15) is 0 Å². The highest BCUT2D eigenvalue weighted by molar-refractivity contribution is 7.88. The molecule has 1 saturated heterocycles. The number of nitrogens with zero attached hydrogens (tertiary/aromatic N) is 2. The summed E-state index contributed by atoms with van der Waals surface area (Å²) in [5, 5.41) is 0. The summed E-state index contributed by atoms with van der Waals surface area (Å²) < 4.78 is 24.9. The molecule has 1 heterocycles. The van der Waals surface area contributed by atoms with Gasteiger partial charge in [-0.25, -0.2) is 12.7 Å². The molecule has 25 heavy (non-hydrogen) atoms. The van der Waals surface area contributed by atoms with Crippen LogP contribution in [-0.2, 0) is 14.8 Å². The highest BCUT2D eigenvalue weighted by Crippen LogP contribution is 2.42. The fourth-order valence-corrected chi connectivity index (χ4v) is 5.16. The van der Waals surface area contributed by atoms with E-state index in [-0.39, 0.29) is 5.91 Å². The number of rotatable bonds is 5. The van der Waals surface area contributed by atoms with Gasteiger partial charge in [0.15, 0.2) is 0 Å². The molecule has 1 saturated carbocycles. The van der Waals surface area contributed by atoms with E-state index in [1.165, 1.54) is 29.8 Å². The minimum absolute atomic E-state index is 0.216. The second-order valence-corrected chi connectivity index (χ2v) is 10.6. The number of hydrogen-bond acceptors (Lipinski definition) is 3. The molecule has 2 fully saturated rings. The Labute approximate surface area is 154 Å². The van der Waals surface area contributed by atoms with Gasteiger partial charge in [0, 0.05) is 32.6 Å². The van der Waals surface area contributed by atoms with Crippen molar-refractivity contribution in [1.82, 2.24) is 9.21 Å². The van der Waals surface area contributed by atoms with Gasteiger partial charge < -0.3 is 4.90 Å². The average molecular weight is 373 g/mol. The molecule has 0 N–H and O–H groups in total. The van der Waals surface area contributed by atoms with Crippen LogP contribution in [-0.4, -0.2) is 56.0 Å². The first-order chi connectivity index (χ1) is 11.6. The summed E-state index contributed by atoms with van der Waals surface area (Å²) >= 11 is 0. The minimum Gasteiger partial charge on any atom is -0.341 e. The highest BCUT2D eigenvalue weighted by Gasteiger charge is 2.33. The van der Waals surface area contributed by atoms with Gasteiger partial charge in [-0.05, 0) is 49.4 Å². The lowest BCUT2D eigenvalue weighted by Crippen LogP contribution is -2.38. The van der Waals surface area contributed by atoms with E-state index in [0.717, 1.165) is 25.2 Å². The van der Waals surface area contributed by atoms with Crippen molar-refractivity contribution in [3.63, 3.8) is 0 Å². The van der Waals surface area contributed by atoms with Crippen LogP contribution in [0.15, 0.2) is 0 Å². The summed E-state index contributed by atoms with van der Waals surface area (Å²) in [5.74, 6) is 1.50. The molecule has 0 atom stereocenters. The predicted octanol–water partition coefficient (Wildman–Crippen LogP) is 3.11. The van der Waals surface area contributed by atoms with Crippen LogP contribution in [0.4, 0.5) is 0 Å². The lowest BCUT2D eigenvalue weighted by molar-refractivity contribution is -0.132. The third-order valence-corrected chi connectivity index (χ3v) is 7.91. The summed E-state index contributed by atoms with van der Waals surface area (Å²) in [6.07, 6.45) is 8.62. The third-order valence-electron chi connectivity index (χ3n) is 6.60. The smallest absolute Gasteiger partial charge is 0.222 e. The van der Waals surface area contributed by atoms with E-state index in [1.807, 2.05) is 4.90 Å². The van der Waals surface area contributed by atoms with Crippen molar-refractivity contribution < 1.29 is 13.2 Å². The molecular formula is C19H36N2O3S.